The number of nitrogens with one attached hydrogen (secondary N) is 1. The first-order chi connectivity index (χ1) is 13.9. The van der Waals surface area contributed by atoms with Crippen molar-refractivity contribution in [2.24, 2.45) is 0 Å². The van der Waals surface area contributed by atoms with Gasteiger partial charge >= 0.3 is 8.60 Å². The number of hydrogen-bond donors (Lipinski definition) is 3. The molecule has 0 spiro atoms. The van der Waals surface area contributed by atoms with Crippen LogP contribution in [0.15, 0.2) is 29.2 Å². The lowest BCUT2D eigenvalue weighted by atomic mass is 10.2. The van der Waals surface area contributed by atoms with E-state index in [-0.39, 0.29) is 28.4 Å². The average molecular weight is 467 g/mol. The van der Waals surface area contributed by atoms with E-state index in [2.05, 4.69) is 4.98 Å². The first-order valence-electron chi connectivity index (χ1n) is 8.35. The molecule has 1 saturated heterocycles. The van der Waals surface area contributed by atoms with Gasteiger partial charge in [0.25, 0.3) is 5.56 Å². The summed E-state index contributed by atoms with van der Waals surface area (Å²) in [5, 5.41) is 17.7. The quantitative estimate of drug-likeness (QED) is 0.359. The minimum Gasteiger partial charge on any atom is -0.426 e. The number of H-pyrrole nitrogens is 1. The molecule has 13 heteroatoms. The van der Waals surface area contributed by atoms with E-state index in [1.807, 2.05) is 0 Å². The van der Waals surface area contributed by atoms with Gasteiger partial charge < -0.3 is 19.5 Å². The van der Waals surface area contributed by atoms with Crippen LogP contribution < -0.4 is 10.1 Å². The lowest BCUT2D eigenvalue weighted by molar-refractivity contribution is -0.113. The first-order valence-corrected chi connectivity index (χ1v) is 10.2. The molecular formula is C16H17ClFN2O7PS. The van der Waals surface area contributed by atoms with Crippen LogP contribution in [-0.4, -0.2) is 32.8 Å². The molecular weight excluding hydrogens is 450 g/mol. The first kappa shape index (κ1) is 22.3. The third-order valence-corrected chi connectivity index (χ3v) is 5.49. The Hall–Kier alpha value is -1.43. The maximum absolute atomic E-state index is 12.8. The highest BCUT2D eigenvalue weighted by atomic mass is 35.5. The number of halogens is 2. The van der Waals surface area contributed by atoms with Crippen molar-refractivity contribution < 1.29 is 32.9 Å². The summed E-state index contributed by atoms with van der Waals surface area (Å²) in [5.41, 5.74) is 0.224. The maximum atomic E-state index is 12.8. The topological polar surface area (TPSA) is 115 Å². The number of rotatable bonds is 3. The number of aromatic amines is 1. The van der Waals surface area contributed by atoms with Crippen molar-refractivity contribution in [1.29, 1.82) is 0 Å². The van der Waals surface area contributed by atoms with E-state index in [1.165, 1.54) is 29.0 Å². The lowest BCUT2D eigenvalue weighted by Crippen LogP contribution is -2.18. The van der Waals surface area contributed by atoms with Gasteiger partial charge in [0.2, 0.25) is 0 Å². The van der Waals surface area contributed by atoms with Crippen molar-refractivity contribution in [2.45, 2.75) is 32.0 Å². The fraction of sp³-hybridized carbons (Fsp3) is 0.375. The van der Waals surface area contributed by atoms with E-state index in [9.17, 15) is 14.3 Å². The molecule has 4 rings (SSSR count). The van der Waals surface area contributed by atoms with Crippen LogP contribution in [0, 0.1) is 10.6 Å². The van der Waals surface area contributed by atoms with Crippen LogP contribution in [0.4, 0.5) is 4.39 Å². The van der Waals surface area contributed by atoms with Gasteiger partial charge in [-0.15, -0.1) is 0 Å². The van der Waals surface area contributed by atoms with Gasteiger partial charge in [-0.05, 0) is 36.8 Å². The van der Waals surface area contributed by atoms with Gasteiger partial charge in [0.05, 0.1) is 6.61 Å². The average Bonchev–Trinajstić information content (AvgIpc) is 3.12. The van der Waals surface area contributed by atoms with Crippen molar-refractivity contribution in [3.8, 4) is 5.75 Å². The van der Waals surface area contributed by atoms with Crippen molar-refractivity contribution in [1.82, 2.24) is 9.55 Å². The summed E-state index contributed by atoms with van der Waals surface area (Å²) in [6.07, 6.45) is 1.47. The zero-order chi connectivity index (χ0) is 21.0. The molecule has 3 N–H and O–H groups in total. The monoisotopic (exact) mass is 466 g/mol. The summed E-state index contributed by atoms with van der Waals surface area (Å²) in [5.74, 6) is 0.211. The zero-order valence-electron chi connectivity index (χ0n) is 14.8. The van der Waals surface area contributed by atoms with E-state index in [0.717, 1.165) is 0 Å². The maximum Gasteiger partial charge on any atom is 0.399 e. The highest BCUT2D eigenvalue weighted by molar-refractivity contribution is 7.71. The SMILES string of the molecule is O=c1[nH]c(=S)n(C2CC[C@@H](O)O2)cc1Cl.OCOP1OCc2cc(F)ccc2O1. The standard InChI is InChI=1S/C8H9ClN2O3S.C8H8FO4P/c9-4-3-11(8(15)10-7(4)13)5-1-2-6(12)14-5;9-7-1-2-8-6(3-7)4-11-14(13-8)12-5-10/h3,5-6,12H,1-2H2,(H,10,13,15);1-3,10H,4-5H2/t5?,6-;/m0./s1. The Morgan fingerprint density at radius 1 is 1.45 bits per heavy atom. The van der Waals surface area contributed by atoms with E-state index in [4.69, 9.17) is 47.2 Å². The van der Waals surface area contributed by atoms with Gasteiger partial charge in [0.15, 0.2) is 17.9 Å². The molecule has 29 heavy (non-hydrogen) atoms. The molecule has 3 heterocycles. The largest absolute Gasteiger partial charge is 0.426 e. The van der Waals surface area contributed by atoms with Crippen LogP contribution in [0.2, 0.25) is 5.02 Å². The highest BCUT2D eigenvalue weighted by Crippen LogP contribution is 2.46. The fourth-order valence-corrected chi connectivity index (χ4v) is 3.84. The normalized spacial score (nSPS) is 23.0. The van der Waals surface area contributed by atoms with Gasteiger partial charge in [0.1, 0.15) is 22.8 Å². The number of aliphatic hydroxyl groups is 2. The smallest absolute Gasteiger partial charge is 0.399 e. The molecule has 0 amide bonds. The fourth-order valence-electron chi connectivity index (χ4n) is 2.57. The minimum atomic E-state index is -1.54. The van der Waals surface area contributed by atoms with Gasteiger partial charge in [-0.25, -0.2) is 4.39 Å². The lowest BCUT2D eigenvalue weighted by Gasteiger charge is -2.22. The molecule has 2 aliphatic rings. The number of aliphatic hydroxyl groups excluding tert-OH is 2. The van der Waals surface area contributed by atoms with Crippen molar-refractivity contribution in [3.05, 3.63) is 55.9 Å². The van der Waals surface area contributed by atoms with Crippen molar-refractivity contribution >= 4 is 32.4 Å². The molecule has 0 bridgehead atoms. The minimum absolute atomic E-state index is 0.0496. The van der Waals surface area contributed by atoms with E-state index in [1.54, 1.807) is 0 Å². The Labute approximate surface area is 175 Å². The van der Waals surface area contributed by atoms with Crippen LogP contribution in [-0.2, 0) is 20.4 Å². The second-order valence-corrected chi connectivity index (χ2v) is 7.80. The molecule has 2 aromatic rings. The number of ether oxygens (including phenoxy) is 1. The summed E-state index contributed by atoms with van der Waals surface area (Å²) in [7, 11) is -1.54. The third kappa shape index (κ3) is 5.80. The van der Waals surface area contributed by atoms with E-state index < -0.39 is 27.2 Å². The Morgan fingerprint density at radius 3 is 2.93 bits per heavy atom. The molecule has 1 aromatic heterocycles. The predicted octanol–water partition coefficient (Wildman–Crippen LogP) is 3.11. The van der Waals surface area contributed by atoms with Gasteiger partial charge in [-0.1, -0.05) is 11.6 Å². The molecule has 158 valence electrons. The van der Waals surface area contributed by atoms with Crippen molar-refractivity contribution in [2.75, 3.05) is 6.79 Å². The molecule has 1 fully saturated rings. The van der Waals surface area contributed by atoms with Crippen LogP contribution in [0.1, 0.15) is 24.6 Å². The summed E-state index contributed by atoms with van der Waals surface area (Å²) in [6, 6.07) is 4.17. The molecule has 1 aromatic carbocycles. The van der Waals surface area contributed by atoms with Crippen LogP contribution in [0.5, 0.6) is 5.75 Å². The van der Waals surface area contributed by atoms with E-state index in [0.29, 0.717) is 24.2 Å². The summed E-state index contributed by atoms with van der Waals surface area (Å²) >= 11 is 10.6. The predicted molar refractivity (Wildman–Crippen MR) is 103 cm³/mol. The number of fused-ring (bicyclic) bond motifs is 1. The Morgan fingerprint density at radius 2 is 2.24 bits per heavy atom. The van der Waals surface area contributed by atoms with Gasteiger partial charge in [-0.3, -0.25) is 23.4 Å². The number of aromatic nitrogens is 2. The Kier molecular flexibility index (Phi) is 7.72. The summed E-state index contributed by atoms with van der Waals surface area (Å²) < 4.78 is 34.8. The zero-order valence-corrected chi connectivity index (χ0v) is 17.3. The van der Waals surface area contributed by atoms with Gasteiger partial charge in [0, 0.05) is 18.2 Å². The molecule has 2 unspecified atom stereocenters. The molecule has 3 atom stereocenters. The Bertz CT molecular complexity index is 975. The van der Waals surface area contributed by atoms with Crippen LogP contribution in [0.25, 0.3) is 0 Å². The van der Waals surface area contributed by atoms with Crippen molar-refractivity contribution in [3.63, 3.8) is 0 Å². The highest BCUT2D eigenvalue weighted by Gasteiger charge is 2.25. The van der Waals surface area contributed by atoms with Crippen LogP contribution >= 0.6 is 32.4 Å². The molecule has 9 nitrogen and oxygen atoms in total. The Balaban J connectivity index is 0.000000166. The summed E-state index contributed by atoms with van der Waals surface area (Å²) in [4.78, 5) is 13.5. The molecule has 2 aliphatic heterocycles. The third-order valence-electron chi connectivity index (χ3n) is 3.89. The number of benzene rings is 1. The molecule has 0 saturated carbocycles. The van der Waals surface area contributed by atoms with Crippen LogP contribution in [0.3, 0.4) is 0 Å². The number of hydrogen-bond acceptors (Lipinski definition) is 8. The second-order valence-electron chi connectivity index (χ2n) is 5.86. The summed E-state index contributed by atoms with van der Waals surface area (Å²) in [6.45, 7) is -0.221. The number of nitrogens with zero attached hydrogens (tertiary/aromatic N) is 1. The second kappa shape index (κ2) is 10.1. The van der Waals surface area contributed by atoms with E-state index >= 15 is 0 Å². The molecule has 0 radical (unpaired) electrons. The molecule has 0 aliphatic carbocycles. The van der Waals surface area contributed by atoms with Gasteiger partial charge in [-0.2, -0.15) is 0 Å².